The van der Waals surface area contributed by atoms with Crippen molar-refractivity contribution in [3.63, 3.8) is 0 Å². The topological polar surface area (TPSA) is 127 Å². The first kappa shape index (κ1) is 23.7. The highest BCUT2D eigenvalue weighted by atomic mass is 16.5. The van der Waals surface area contributed by atoms with Crippen LogP contribution >= 0.6 is 0 Å². The fourth-order valence-electron chi connectivity index (χ4n) is 5.00. The molecule has 0 radical (unpaired) electrons. The number of aromatic amines is 1. The Morgan fingerprint density at radius 3 is 2.75 bits per heavy atom. The Bertz CT molecular complexity index is 1430. The number of nitrogens with two attached hydrogens (primary N) is 1. The van der Waals surface area contributed by atoms with Gasteiger partial charge in [0.05, 0.1) is 20.3 Å². The molecule has 5 N–H and O–H groups in total. The Morgan fingerprint density at radius 2 is 2.00 bits per heavy atom. The van der Waals surface area contributed by atoms with Crippen LogP contribution in [0.3, 0.4) is 0 Å². The molecular weight excluding hydrogens is 460 g/mol. The molecule has 186 valence electrons. The van der Waals surface area contributed by atoms with Crippen molar-refractivity contribution in [3.05, 3.63) is 77.0 Å². The van der Waals surface area contributed by atoms with Crippen LogP contribution in [0.25, 0.3) is 22.0 Å². The summed E-state index contributed by atoms with van der Waals surface area (Å²) in [7, 11) is 1.54. The van der Waals surface area contributed by atoms with Crippen molar-refractivity contribution in [2.24, 2.45) is 5.73 Å². The van der Waals surface area contributed by atoms with Crippen LogP contribution in [0.5, 0.6) is 17.2 Å². The number of fused-ring (bicyclic) bond motifs is 4. The fourth-order valence-corrected chi connectivity index (χ4v) is 5.00. The van der Waals surface area contributed by atoms with Gasteiger partial charge in [0.15, 0.2) is 11.5 Å². The number of carbonyl (C=O) groups is 1. The van der Waals surface area contributed by atoms with Gasteiger partial charge in [-0.3, -0.25) is 4.79 Å². The molecule has 0 bridgehead atoms. The lowest BCUT2D eigenvalue weighted by Gasteiger charge is -2.29. The van der Waals surface area contributed by atoms with Crippen LogP contribution in [-0.2, 0) is 13.0 Å². The van der Waals surface area contributed by atoms with Crippen molar-refractivity contribution in [3.8, 4) is 28.4 Å². The lowest BCUT2D eigenvalue weighted by molar-refractivity contribution is 0.0998. The SMILES string of the molecule is COc1cc2c(cc1OCCO)COc1ccc(C(N)=O)c([C@H](CO)Cc3c[nH]c4ccccc34)c1-2. The van der Waals surface area contributed by atoms with Gasteiger partial charge >= 0.3 is 0 Å². The number of H-pyrrole nitrogens is 1. The van der Waals surface area contributed by atoms with Crippen LogP contribution in [-0.4, -0.2) is 48.0 Å². The number of carbonyl (C=O) groups excluding carboxylic acids is 1. The first-order chi connectivity index (χ1) is 17.5. The molecule has 36 heavy (non-hydrogen) atoms. The number of nitrogens with one attached hydrogen (secondary N) is 1. The number of aliphatic hydroxyl groups excluding tert-OH is 2. The number of aliphatic hydroxyl groups is 2. The molecule has 8 heteroatoms. The van der Waals surface area contributed by atoms with Gasteiger partial charge in [0.1, 0.15) is 19.0 Å². The Labute approximate surface area is 208 Å². The minimum absolute atomic E-state index is 0.126. The molecule has 0 spiro atoms. The average molecular weight is 489 g/mol. The number of aromatic nitrogens is 1. The molecule has 1 aromatic heterocycles. The van der Waals surface area contributed by atoms with Crippen molar-refractivity contribution in [2.75, 3.05) is 26.9 Å². The maximum Gasteiger partial charge on any atom is 0.249 e. The summed E-state index contributed by atoms with van der Waals surface area (Å²) in [5, 5.41) is 20.8. The fraction of sp³-hybridized carbons (Fsp3) is 0.250. The highest BCUT2D eigenvalue weighted by Crippen LogP contribution is 2.48. The number of ether oxygens (including phenoxy) is 3. The lowest BCUT2D eigenvalue weighted by Crippen LogP contribution is -2.21. The molecule has 0 saturated carbocycles. The summed E-state index contributed by atoms with van der Waals surface area (Å²) in [6.07, 6.45) is 2.42. The van der Waals surface area contributed by atoms with Crippen LogP contribution in [0.4, 0.5) is 0 Å². The summed E-state index contributed by atoms with van der Waals surface area (Å²) in [5.74, 6) is 0.579. The van der Waals surface area contributed by atoms with E-state index in [4.69, 9.17) is 19.9 Å². The summed E-state index contributed by atoms with van der Waals surface area (Å²) in [4.78, 5) is 15.9. The van der Waals surface area contributed by atoms with Crippen molar-refractivity contribution in [2.45, 2.75) is 18.9 Å². The predicted molar refractivity (Wildman–Crippen MR) is 136 cm³/mol. The quantitative estimate of drug-likeness (QED) is 0.286. The molecular formula is C28H28N2O6. The second-order valence-electron chi connectivity index (χ2n) is 8.73. The second-order valence-corrected chi connectivity index (χ2v) is 8.73. The summed E-state index contributed by atoms with van der Waals surface area (Å²) in [5.41, 5.74) is 11.2. The number of rotatable bonds is 9. The van der Waals surface area contributed by atoms with Crippen LogP contribution in [0.2, 0.25) is 0 Å². The normalized spacial score (nSPS) is 13.0. The van der Waals surface area contributed by atoms with E-state index in [1.54, 1.807) is 19.2 Å². The molecule has 1 aliphatic heterocycles. The number of methoxy groups -OCH3 is 1. The predicted octanol–water partition coefficient (Wildman–Crippen LogP) is 3.52. The van der Waals surface area contributed by atoms with E-state index in [9.17, 15) is 15.0 Å². The molecule has 2 heterocycles. The van der Waals surface area contributed by atoms with Gasteiger partial charge in [0, 0.05) is 39.7 Å². The van der Waals surface area contributed by atoms with Gasteiger partial charge < -0.3 is 35.1 Å². The summed E-state index contributed by atoms with van der Waals surface area (Å²) in [6.45, 7) is 0.0996. The van der Waals surface area contributed by atoms with Gasteiger partial charge in [0.2, 0.25) is 5.91 Å². The molecule has 8 nitrogen and oxygen atoms in total. The number of para-hydroxylation sites is 1. The summed E-state index contributed by atoms with van der Waals surface area (Å²) < 4.78 is 17.3. The Balaban J connectivity index is 1.68. The van der Waals surface area contributed by atoms with Crippen molar-refractivity contribution >= 4 is 16.8 Å². The first-order valence-electron chi connectivity index (χ1n) is 11.8. The number of hydrogen-bond donors (Lipinski definition) is 4. The number of benzene rings is 3. The zero-order chi connectivity index (χ0) is 25.2. The zero-order valence-electron chi connectivity index (χ0n) is 19.9. The third kappa shape index (κ3) is 4.14. The molecule has 0 aliphatic carbocycles. The van der Waals surface area contributed by atoms with E-state index in [0.717, 1.165) is 27.6 Å². The standard InChI is InChI=1S/C28H28N2O6/c1-34-24-12-21-18(11-25(24)35-9-8-31)15-36-23-7-6-20(28(29)33)26(27(21)23)17(14-32)10-16-13-30-22-5-3-2-4-19(16)22/h2-7,11-13,17,30-32H,8-10,14-15H2,1H3,(H2,29,33)/t17-/m0/s1. The van der Waals surface area contributed by atoms with E-state index >= 15 is 0 Å². The number of primary amides is 1. The maximum atomic E-state index is 12.6. The monoisotopic (exact) mass is 488 g/mol. The van der Waals surface area contributed by atoms with Gasteiger partial charge in [-0.25, -0.2) is 0 Å². The van der Waals surface area contributed by atoms with E-state index in [1.165, 1.54) is 0 Å². The zero-order valence-corrected chi connectivity index (χ0v) is 19.9. The smallest absolute Gasteiger partial charge is 0.249 e. The molecule has 3 aromatic carbocycles. The second kappa shape index (κ2) is 9.93. The minimum atomic E-state index is -0.577. The Hall–Kier alpha value is -4.01. The van der Waals surface area contributed by atoms with E-state index in [2.05, 4.69) is 4.98 Å². The third-order valence-electron chi connectivity index (χ3n) is 6.63. The summed E-state index contributed by atoms with van der Waals surface area (Å²) in [6, 6.07) is 15.0. The van der Waals surface area contributed by atoms with Gasteiger partial charge in [0.25, 0.3) is 0 Å². The highest BCUT2D eigenvalue weighted by molar-refractivity contribution is 5.98. The van der Waals surface area contributed by atoms with Gasteiger partial charge in [-0.2, -0.15) is 0 Å². The van der Waals surface area contributed by atoms with E-state index in [1.807, 2.05) is 42.6 Å². The van der Waals surface area contributed by atoms with Crippen molar-refractivity contribution in [1.82, 2.24) is 4.98 Å². The van der Waals surface area contributed by atoms with Gasteiger partial charge in [-0.15, -0.1) is 0 Å². The van der Waals surface area contributed by atoms with Gasteiger partial charge in [-0.05, 0) is 53.4 Å². The number of amides is 1. The molecule has 0 fully saturated rings. The molecule has 4 aromatic rings. The first-order valence-corrected chi connectivity index (χ1v) is 11.8. The minimum Gasteiger partial charge on any atom is -0.493 e. The Morgan fingerprint density at radius 1 is 1.17 bits per heavy atom. The van der Waals surface area contributed by atoms with E-state index in [0.29, 0.717) is 47.0 Å². The maximum absolute atomic E-state index is 12.6. The van der Waals surface area contributed by atoms with Crippen LogP contribution < -0.4 is 19.9 Å². The van der Waals surface area contributed by atoms with Crippen LogP contribution in [0.15, 0.2) is 54.7 Å². The Kier molecular flexibility index (Phi) is 6.54. The van der Waals surface area contributed by atoms with Crippen LogP contribution in [0.1, 0.15) is 33.0 Å². The third-order valence-corrected chi connectivity index (χ3v) is 6.63. The summed E-state index contributed by atoms with van der Waals surface area (Å²) >= 11 is 0. The molecule has 0 saturated heterocycles. The van der Waals surface area contributed by atoms with Crippen LogP contribution in [0, 0.1) is 0 Å². The average Bonchev–Trinajstić information content (AvgIpc) is 3.31. The van der Waals surface area contributed by atoms with E-state index in [-0.39, 0.29) is 19.8 Å². The lowest BCUT2D eigenvalue weighted by atomic mass is 9.81. The van der Waals surface area contributed by atoms with Crippen molar-refractivity contribution in [1.29, 1.82) is 0 Å². The highest BCUT2D eigenvalue weighted by Gasteiger charge is 2.30. The largest absolute Gasteiger partial charge is 0.493 e. The number of hydrogen-bond acceptors (Lipinski definition) is 6. The molecule has 0 unspecified atom stereocenters. The van der Waals surface area contributed by atoms with E-state index < -0.39 is 11.8 Å². The molecule has 1 aliphatic rings. The molecule has 5 rings (SSSR count). The molecule has 1 amide bonds. The molecule has 1 atom stereocenters. The van der Waals surface area contributed by atoms with Gasteiger partial charge in [-0.1, -0.05) is 18.2 Å². The van der Waals surface area contributed by atoms with Crippen molar-refractivity contribution < 1.29 is 29.2 Å².